The van der Waals surface area contributed by atoms with Gasteiger partial charge in [-0.05, 0) is 44.0 Å². The average Bonchev–Trinajstić information content (AvgIpc) is 2.91. The van der Waals surface area contributed by atoms with Crippen LogP contribution in [-0.2, 0) is 0 Å². The third-order valence-electron chi connectivity index (χ3n) is 4.16. The molecule has 0 saturated heterocycles. The Balaban J connectivity index is 1.72. The summed E-state index contributed by atoms with van der Waals surface area (Å²) < 4.78 is 18.3. The first-order valence-corrected chi connectivity index (χ1v) is 8.03. The smallest absolute Gasteiger partial charge is 0.317 e. The molecule has 0 aromatic heterocycles. The molecule has 2 rings (SSSR count). The molecule has 0 spiro atoms. The minimum Gasteiger partial charge on any atom is -0.491 e. The minimum atomic E-state index is -0.311. The van der Waals surface area contributed by atoms with E-state index in [1.54, 1.807) is 24.1 Å². The van der Waals surface area contributed by atoms with Crippen molar-refractivity contribution in [3.63, 3.8) is 0 Å². The second-order valence-electron chi connectivity index (χ2n) is 6.25. The summed E-state index contributed by atoms with van der Waals surface area (Å²) in [6.45, 7) is 2.70. The van der Waals surface area contributed by atoms with Gasteiger partial charge in [-0.15, -0.1) is 0 Å². The van der Waals surface area contributed by atoms with E-state index >= 15 is 0 Å². The predicted molar refractivity (Wildman–Crippen MR) is 85.9 cm³/mol. The topological polar surface area (TPSA) is 61.8 Å². The Morgan fingerprint density at radius 2 is 2.13 bits per heavy atom. The average molecular weight is 324 g/mol. The van der Waals surface area contributed by atoms with Gasteiger partial charge in [0.15, 0.2) is 0 Å². The molecule has 1 aliphatic carbocycles. The molecule has 0 bridgehead atoms. The zero-order chi connectivity index (χ0) is 16.8. The van der Waals surface area contributed by atoms with Crippen LogP contribution in [0.15, 0.2) is 24.3 Å². The van der Waals surface area contributed by atoms with Crippen molar-refractivity contribution in [3.8, 4) is 5.75 Å². The number of amides is 2. The monoisotopic (exact) mass is 324 g/mol. The van der Waals surface area contributed by atoms with Crippen molar-refractivity contribution < 1.29 is 19.0 Å². The number of carbonyl (C=O) groups is 1. The van der Waals surface area contributed by atoms with E-state index in [-0.39, 0.29) is 29.9 Å². The van der Waals surface area contributed by atoms with E-state index in [4.69, 9.17) is 4.74 Å². The first-order valence-electron chi connectivity index (χ1n) is 8.03. The Labute approximate surface area is 136 Å². The standard InChI is InChI=1S/C17H25FN2O3/c1-12(11-23-15-8-6-14(18)7-9-15)19-17(22)20(2)10-13-4-3-5-16(13)21/h6-9,12-13,16,21H,3-5,10-11H2,1-2H3,(H,19,22). The largest absolute Gasteiger partial charge is 0.491 e. The van der Waals surface area contributed by atoms with Crippen molar-refractivity contribution in [1.82, 2.24) is 10.2 Å². The number of halogens is 1. The highest BCUT2D eigenvalue weighted by Crippen LogP contribution is 2.25. The molecule has 1 aromatic carbocycles. The lowest BCUT2D eigenvalue weighted by Crippen LogP contribution is -2.46. The summed E-state index contributed by atoms with van der Waals surface area (Å²) in [4.78, 5) is 13.7. The van der Waals surface area contributed by atoms with Gasteiger partial charge in [-0.1, -0.05) is 6.42 Å². The lowest BCUT2D eigenvalue weighted by molar-refractivity contribution is 0.113. The number of hydrogen-bond acceptors (Lipinski definition) is 3. The van der Waals surface area contributed by atoms with Gasteiger partial charge in [-0.3, -0.25) is 0 Å². The highest BCUT2D eigenvalue weighted by Gasteiger charge is 2.27. The summed E-state index contributed by atoms with van der Waals surface area (Å²) in [5, 5.41) is 12.7. The van der Waals surface area contributed by atoms with Crippen LogP contribution in [0, 0.1) is 11.7 Å². The van der Waals surface area contributed by atoms with Gasteiger partial charge in [0.1, 0.15) is 18.2 Å². The Kier molecular flexibility index (Phi) is 6.21. The molecule has 1 aromatic rings. The molecule has 1 saturated carbocycles. The van der Waals surface area contributed by atoms with Gasteiger partial charge in [-0.2, -0.15) is 0 Å². The highest BCUT2D eigenvalue weighted by molar-refractivity contribution is 5.74. The molecule has 3 unspecified atom stereocenters. The molecule has 23 heavy (non-hydrogen) atoms. The number of ether oxygens (including phenoxy) is 1. The van der Waals surface area contributed by atoms with E-state index in [9.17, 15) is 14.3 Å². The number of carbonyl (C=O) groups excluding carboxylic acids is 1. The van der Waals surface area contributed by atoms with Crippen LogP contribution in [0.5, 0.6) is 5.75 Å². The first-order chi connectivity index (χ1) is 11.0. The molecule has 128 valence electrons. The molecule has 6 heteroatoms. The van der Waals surface area contributed by atoms with Crippen LogP contribution in [0.4, 0.5) is 9.18 Å². The number of urea groups is 1. The lowest BCUT2D eigenvalue weighted by Gasteiger charge is -2.25. The maximum atomic E-state index is 12.8. The van der Waals surface area contributed by atoms with Crippen LogP contribution in [-0.4, -0.2) is 48.4 Å². The van der Waals surface area contributed by atoms with E-state index in [0.717, 1.165) is 19.3 Å². The quantitative estimate of drug-likeness (QED) is 0.845. The number of hydrogen-bond donors (Lipinski definition) is 2. The Hall–Kier alpha value is -1.82. The molecule has 1 aliphatic rings. The normalized spacial score (nSPS) is 21.7. The van der Waals surface area contributed by atoms with Crippen molar-refractivity contribution in [2.45, 2.75) is 38.3 Å². The van der Waals surface area contributed by atoms with E-state index < -0.39 is 0 Å². The summed E-state index contributed by atoms with van der Waals surface area (Å²) in [7, 11) is 1.73. The van der Waals surface area contributed by atoms with Crippen LogP contribution >= 0.6 is 0 Å². The fourth-order valence-electron chi connectivity index (χ4n) is 2.78. The van der Waals surface area contributed by atoms with Gasteiger partial charge in [0.2, 0.25) is 0 Å². The second kappa shape index (κ2) is 8.15. The number of nitrogens with zero attached hydrogens (tertiary/aromatic N) is 1. The Morgan fingerprint density at radius 1 is 1.43 bits per heavy atom. The van der Waals surface area contributed by atoms with Gasteiger partial charge in [0, 0.05) is 19.5 Å². The minimum absolute atomic E-state index is 0.163. The van der Waals surface area contributed by atoms with Crippen LogP contribution in [0.3, 0.4) is 0 Å². The van der Waals surface area contributed by atoms with Gasteiger partial charge in [-0.25, -0.2) is 9.18 Å². The molecule has 3 atom stereocenters. The Morgan fingerprint density at radius 3 is 2.74 bits per heavy atom. The molecule has 0 heterocycles. The van der Waals surface area contributed by atoms with Crippen LogP contribution < -0.4 is 10.1 Å². The highest BCUT2D eigenvalue weighted by atomic mass is 19.1. The molecular weight excluding hydrogens is 299 g/mol. The first kappa shape index (κ1) is 17.5. The van der Waals surface area contributed by atoms with E-state index in [1.165, 1.54) is 12.1 Å². The second-order valence-corrected chi connectivity index (χ2v) is 6.25. The number of aliphatic hydroxyl groups excluding tert-OH is 1. The fourth-order valence-corrected chi connectivity index (χ4v) is 2.78. The number of nitrogens with one attached hydrogen (secondary N) is 1. The van der Waals surface area contributed by atoms with Gasteiger partial charge < -0.3 is 20.1 Å². The molecule has 0 radical (unpaired) electrons. The summed E-state index contributed by atoms with van der Waals surface area (Å²) in [6, 6.07) is 5.41. The third-order valence-corrected chi connectivity index (χ3v) is 4.16. The Bertz CT molecular complexity index is 509. The van der Waals surface area contributed by atoms with Crippen LogP contribution in [0.2, 0.25) is 0 Å². The van der Waals surface area contributed by atoms with Gasteiger partial charge >= 0.3 is 6.03 Å². The van der Waals surface area contributed by atoms with E-state index in [0.29, 0.717) is 18.9 Å². The summed E-state index contributed by atoms with van der Waals surface area (Å²) in [5.74, 6) is 0.417. The fraction of sp³-hybridized carbons (Fsp3) is 0.588. The molecule has 2 N–H and O–H groups in total. The number of rotatable bonds is 6. The van der Waals surface area contributed by atoms with Crippen molar-refractivity contribution in [3.05, 3.63) is 30.1 Å². The molecular formula is C17H25FN2O3. The summed E-state index contributed by atoms with van der Waals surface area (Å²) in [6.07, 6.45) is 2.50. The molecule has 1 fully saturated rings. The maximum absolute atomic E-state index is 12.8. The van der Waals surface area contributed by atoms with Crippen LogP contribution in [0.1, 0.15) is 26.2 Å². The zero-order valence-electron chi connectivity index (χ0n) is 13.7. The SMILES string of the molecule is CC(COc1ccc(F)cc1)NC(=O)N(C)CC1CCCC1O. The molecule has 2 amide bonds. The number of aliphatic hydroxyl groups is 1. The maximum Gasteiger partial charge on any atom is 0.317 e. The van der Waals surface area contributed by atoms with Gasteiger partial charge in [0.25, 0.3) is 0 Å². The van der Waals surface area contributed by atoms with Crippen molar-refractivity contribution in [2.24, 2.45) is 5.92 Å². The van der Waals surface area contributed by atoms with E-state index in [1.807, 2.05) is 6.92 Å². The van der Waals surface area contributed by atoms with E-state index in [2.05, 4.69) is 5.32 Å². The number of benzene rings is 1. The molecule has 5 nitrogen and oxygen atoms in total. The molecule has 0 aliphatic heterocycles. The summed E-state index contributed by atoms with van der Waals surface area (Å²) in [5.41, 5.74) is 0. The van der Waals surface area contributed by atoms with Gasteiger partial charge in [0.05, 0.1) is 12.1 Å². The lowest BCUT2D eigenvalue weighted by atomic mass is 10.1. The van der Waals surface area contributed by atoms with Crippen LogP contribution in [0.25, 0.3) is 0 Å². The van der Waals surface area contributed by atoms with Crippen molar-refractivity contribution in [2.75, 3.05) is 20.2 Å². The van der Waals surface area contributed by atoms with Crippen molar-refractivity contribution in [1.29, 1.82) is 0 Å². The predicted octanol–water partition coefficient (Wildman–Crippen LogP) is 2.40. The third kappa shape index (κ3) is 5.39. The summed E-state index contributed by atoms with van der Waals surface area (Å²) >= 11 is 0. The zero-order valence-corrected chi connectivity index (χ0v) is 13.7. The van der Waals surface area contributed by atoms with Crippen molar-refractivity contribution >= 4 is 6.03 Å².